The molecule has 56 valence electrons. The van der Waals surface area contributed by atoms with Crippen LogP contribution in [0.3, 0.4) is 0 Å². The van der Waals surface area contributed by atoms with E-state index in [1.165, 1.54) is 18.9 Å². The van der Waals surface area contributed by atoms with Gasteiger partial charge >= 0.3 is 18.9 Å². The van der Waals surface area contributed by atoms with Gasteiger partial charge in [0, 0.05) is 6.10 Å². The van der Waals surface area contributed by atoms with E-state index >= 15 is 0 Å². The van der Waals surface area contributed by atoms with E-state index in [0.29, 0.717) is 6.10 Å². The molecule has 0 aliphatic carbocycles. The van der Waals surface area contributed by atoms with Crippen molar-refractivity contribution in [1.29, 1.82) is 0 Å². The molecule has 1 heterocycles. The Hall–Kier alpha value is 0.774. The summed E-state index contributed by atoms with van der Waals surface area (Å²) in [5.74, 6) is 0. The Morgan fingerprint density at radius 3 is 2.40 bits per heavy atom. The topological polar surface area (TPSA) is 9.23 Å². The molecule has 0 saturated carbocycles. The molecule has 1 unspecified atom stereocenters. The van der Waals surface area contributed by atoms with Gasteiger partial charge in [-0.3, -0.25) is 0 Å². The van der Waals surface area contributed by atoms with E-state index in [1.54, 1.807) is 0 Å². The second kappa shape index (κ2) is 3.97. The van der Waals surface area contributed by atoms with Crippen molar-refractivity contribution in [2.75, 3.05) is 0 Å². The van der Waals surface area contributed by atoms with Gasteiger partial charge in [-0.25, -0.2) is 0 Å². The molecule has 0 N–H and O–H groups in total. The zero-order valence-corrected chi connectivity index (χ0v) is 8.61. The van der Waals surface area contributed by atoms with E-state index in [9.17, 15) is 0 Å². The molecular formula is C7H17LiOSi. The van der Waals surface area contributed by atoms with Crippen LogP contribution in [0.15, 0.2) is 0 Å². The van der Waals surface area contributed by atoms with Crippen molar-refractivity contribution in [3.8, 4) is 0 Å². The van der Waals surface area contributed by atoms with Gasteiger partial charge in [-0.05, 0) is 32.5 Å². The number of rotatable bonds is 0. The quantitative estimate of drug-likeness (QED) is 0.425. The van der Waals surface area contributed by atoms with Crippen molar-refractivity contribution in [1.82, 2.24) is 0 Å². The van der Waals surface area contributed by atoms with Crippen molar-refractivity contribution < 1.29 is 24.7 Å². The molecule has 0 amide bonds. The van der Waals surface area contributed by atoms with Crippen molar-refractivity contribution in [3.05, 3.63) is 0 Å². The van der Waals surface area contributed by atoms with E-state index in [1.807, 2.05) is 0 Å². The molecule has 0 spiro atoms. The number of hydrogen-bond acceptors (Lipinski definition) is 1. The van der Waals surface area contributed by atoms with Gasteiger partial charge < -0.3 is 5.85 Å². The van der Waals surface area contributed by atoms with E-state index in [0.717, 1.165) is 0 Å². The first kappa shape index (κ1) is 10.8. The van der Waals surface area contributed by atoms with Gasteiger partial charge in [-0.1, -0.05) is 6.42 Å². The maximum absolute atomic E-state index is 5.81. The van der Waals surface area contributed by atoms with E-state index in [-0.39, 0.29) is 20.3 Å². The molecule has 0 bridgehead atoms. The second-order valence-electron chi connectivity index (χ2n) is 3.58. The molecule has 3 heteroatoms. The number of hydrogen-bond donors (Lipinski definition) is 0. The van der Waals surface area contributed by atoms with Crippen LogP contribution >= 0.6 is 0 Å². The molecule has 1 fully saturated rings. The molecule has 1 saturated heterocycles. The molecular weight excluding hydrogens is 135 g/mol. The van der Waals surface area contributed by atoms with Crippen LogP contribution in [0.2, 0.25) is 19.1 Å². The Kier molecular flexibility index (Phi) is 4.27. The molecule has 1 aliphatic rings. The van der Waals surface area contributed by atoms with Crippen molar-refractivity contribution in [2.24, 2.45) is 0 Å². The van der Waals surface area contributed by atoms with Gasteiger partial charge in [0.05, 0.1) is 0 Å². The minimum Gasteiger partial charge on any atom is -1.00 e. The second-order valence-corrected chi connectivity index (χ2v) is 7.84. The molecule has 1 rings (SSSR count). The van der Waals surface area contributed by atoms with Crippen LogP contribution in [-0.2, 0) is 4.43 Å². The summed E-state index contributed by atoms with van der Waals surface area (Å²) in [5.41, 5.74) is 0. The monoisotopic (exact) mass is 152 g/mol. The molecule has 1 nitrogen and oxygen atoms in total. The summed E-state index contributed by atoms with van der Waals surface area (Å²) in [5, 5.41) is 0. The first-order chi connectivity index (χ1) is 4.10. The fourth-order valence-corrected chi connectivity index (χ4v) is 3.86. The molecule has 0 aromatic heterocycles. The molecule has 1 atom stereocenters. The maximum atomic E-state index is 5.81. The summed E-state index contributed by atoms with van der Waals surface area (Å²) >= 11 is 0. The first-order valence-corrected chi connectivity index (χ1v) is 6.89. The Labute approximate surface area is 78.3 Å². The molecule has 10 heavy (non-hydrogen) atoms. The van der Waals surface area contributed by atoms with Crippen LogP contribution in [-0.4, -0.2) is 14.4 Å². The average molecular weight is 152 g/mol. The minimum absolute atomic E-state index is 0. The summed E-state index contributed by atoms with van der Waals surface area (Å²) in [7, 11) is -1.15. The van der Waals surface area contributed by atoms with Crippen molar-refractivity contribution in [2.45, 2.75) is 45.0 Å². The Balaban J connectivity index is 0. The van der Waals surface area contributed by atoms with Gasteiger partial charge in [0.25, 0.3) is 0 Å². The summed E-state index contributed by atoms with van der Waals surface area (Å²) in [6.07, 6.45) is 3.21. The van der Waals surface area contributed by atoms with Gasteiger partial charge in [0.1, 0.15) is 0 Å². The third kappa shape index (κ3) is 3.25. The molecule has 1 aliphatic heterocycles. The fraction of sp³-hybridized carbons (Fsp3) is 1.00. The summed E-state index contributed by atoms with van der Waals surface area (Å²) < 4.78 is 5.81. The fourth-order valence-electron chi connectivity index (χ4n) is 1.48. The largest absolute Gasteiger partial charge is 1.00 e. The molecule has 0 aromatic rings. The van der Waals surface area contributed by atoms with Crippen LogP contribution in [0.25, 0.3) is 0 Å². The summed E-state index contributed by atoms with van der Waals surface area (Å²) in [6.45, 7) is 6.80. The van der Waals surface area contributed by atoms with Gasteiger partial charge in [-0.15, -0.1) is 0 Å². The smallest absolute Gasteiger partial charge is 1.00 e. The van der Waals surface area contributed by atoms with Gasteiger partial charge in [-0.2, -0.15) is 0 Å². The van der Waals surface area contributed by atoms with Crippen LogP contribution in [0.4, 0.5) is 0 Å². The average Bonchev–Trinajstić information content (AvgIpc) is 1.60. The minimum atomic E-state index is -1.15. The van der Waals surface area contributed by atoms with Crippen molar-refractivity contribution in [3.63, 3.8) is 0 Å². The van der Waals surface area contributed by atoms with Crippen LogP contribution in [0.5, 0.6) is 0 Å². The zero-order chi connectivity index (χ0) is 6.91. The first-order valence-electron chi connectivity index (χ1n) is 3.78. The summed E-state index contributed by atoms with van der Waals surface area (Å²) in [4.78, 5) is 0. The third-order valence-electron chi connectivity index (χ3n) is 1.91. The standard InChI is InChI=1S/C7H16OSi.Li.H/c1-7-5-4-6-9(2,3)8-7;;/h7H,4-6H2,1-3H3;;/q;+1;-1. The van der Waals surface area contributed by atoms with Crippen molar-refractivity contribution >= 4 is 8.32 Å². The van der Waals surface area contributed by atoms with Crippen LogP contribution in [0.1, 0.15) is 21.2 Å². The van der Waals surface area contributed by atoms with Gasteiger partial charge in [0.2, 0.25) is 0 Å². The predicted octanol–water partition coefficient (Wildman–Crippen LogP) is -0.493. The van der Waals surface area contributed by atoms with E-state index in [4.69, 9.17) is 4.43 Å². The normalized spacial score (nSPS) is 30.9. The van der Waals surface area contributed by atoms with E-state index in [2.05, 4.69) is 20.0 Å². The third-order valence-corrected chi connectivity index (χ3v) is 4.51. The van der Waals surface area contributed by atoms with Gasteiger partial charge in [0.15, 0.2) is 8.32 Å². The van der Waals surface area contributed by atoms with E-state index < -0.39 is 8.32 Å². The summed E-state index contributed by atoms with van der Waals surface area (Å²) in [6, 6.07) is 1.36. The Bertz CT molecular complexity index is 111. The maximum Gasteiger partial charge on any atom is 1.00 e. The Morgan fingerprint density at radius 2 is 2.10 bits per heavy atom. The van der Waals surface area contributed by atoms with Crippen LogP contribution < -0.4 is 18.9 Å². The molecule has 0 radical (unpaired) electrons. The zero-order valence-electron chi connectivity index (χ0n) is 8.61. The molecule has 0 aromatic carbocycles. The SMILES string of the molecule is CC1CCC[Si](C)(C)O1.[H-].[Li+]. The predicted molar refractivity (Wildman–Crippen MR) is 43.2 cm³/mol. The Morgan fingerprint density at radius 1 is 1.50 bits per heavy atom. The van der Waals surface area contributed by atoms with Crippen LogP contribution in [0, 0.1) is 0 Å².